The molecule has 2 bridgehead atoms. The quantitative estimate of drug-likeness (QED) is 0.512. The summed E-state index contributed by atoms with van der Waals surface area (Å²) in [6, 6.07) is 0. The maximum absolute atomic E-state index is 11.4. The third kappa shape index (κ3) is 0.597. The first-order valence-corrected chi connectivity index (χ1v) is 4.58. The molecular formula is C10H12O. The number of rotatable bonds is 0. The van der Waals surface area contributed by atoms with E-state index >= 15 is 0 Å². The molecule has 0 heterocycles. The average Bonchev–Trinajstić information content (AvgIpc) is 2.60. The zero-order valence-electron chi connectivity index (χ0n) is 6.49. The predicted molar refractivity (Wildman–Crippen MR) is 42.0 cm³/mol. The summed E-state index contributed by atoms with van der Waals surface area (Å²) >= 11 is 0. The third-order valence-electron chi connectivity index (χ3n) is 3.79. The Bertz CT molecular complexity index is 241. The van der Waals surface area contributed by atoms with Gasteiger partial charge in [0.15, 0.2) is 5.78 Å². The summed E-state index contributed by atoms with van der Waals surface area (Å²) in [6.45, 7) is 0. The molecule has 0 aliphatic heterocycles. The molecule has 4 atom stereocenters. The van der Waals surface area contributed by atoms with Crippen molar-refractivity contribution in [2.45, 2.75) is 19.3 Å². The van der Waals surface area contributed by atoms with Crippen LogP contribution in [-0.2, 0) is 4.79 Å². The van der Waals surface area contributed by atoms with Gasteiger partial charge in [-0.3, -0.25) is 4.79 Å². The van der Waals surface area contributed by atoms with Gasteiger partial charge in [0.25, 0.3) is 0 Å². The first-order chi connectivity index (χ1) is 5.36. The van der Waals surface area contributed by atoms with Crippen LogP contribution >= 0.6 is 0 Å². The van der Waals surface area contributed by atoms with Gasteiger partial charge in [0, 0.05) is 5.92 Å². The molecular weight excluding hydrogens is 136 g/mol. The fourth-order valence-electron chi connectivity index (χ4n) is 3.35. The highest BCUT2D eigenvalue weighted by Crippen LogP contribution is 2.55. The zero-order chi connectivity index (χ0) is 7.42. The van der Waals surface area contributed by atoms with Crippen molar-refractivity contribution in [2.75, 3.05) is 0 Å². The van der Waals surface area contributed by atoms with Crippen molar-refractivity contribution in [3.8, 4) is 0 Å². The fourth-order valence-corrected chi connectivity index (χ4v) is 3.35. The summed E-state index contributed by atoms with van der Waals surface area (Å²) in [5, 5.41) is 0. The normalized spacial score (nSPS) is 52.2. The smallest absolute Gasteiger partial charge is 0.159 e. The molecule has 0 aromatic heterocycles. The Morgan fingerprint density at radius 1 is 1.27 bits per heavy atom. The lowest BCUT2D eigenvalue weighted by atomic mass is 9.81. The Morgan fingerprint density at radius 3 is 2.91 bits per heavy atom. The third-order valence-corrected chi connectivity index (χ3v) is 3.79. The van der Waals surface area contributed by atoms with Gasteiger partial charge in [0.2, 0.25) is 0 Å². The van der Waals surface area contributed by atoms with Crippen molar-refractivity contribution in [3.63, 3.8) is 0 Å². The lowest BCUT2D eigenvalue weighted by Gasteiger charge is -2.22. The summed E-state index contributed by atoms with van der Waals surface area (Å²) in [5.74, 6) is 3.12. The fraction of sp³-hybridized carbons (Fsp3) is 0.700. The molecule has 58 valence electrons. The van der Waals surface area contributed by atoms with Crippen molar-refractivity contribution >= 4 is 5.78 Å². The Kier molecular flexibility index (Phi) is 0.961. The maximum atomic E-state index is 11.4. The second-order valence-electron chi connectivity index (χ2n) is 4.20. The van der Waals surface area contributed by atoms with Crippen LogP contribution in [0, 0.1) is 23.7 Å². The monoisotopic (exact) mass is 148 g/mol. The molecule has 2 saturated carbocycles. The molecule has 0 unspecified atom stereocenters. The minimum Gasteiger partial charge on any atom is -0.295 e. The van der Waals surface area contributed by atoms with Crippen LogP contribution in [0.4, 0.5) is 0 Å². The highest BCUT2D eigenvalue weighted by Gasteiger charge is 2.50. The van der Waals surface area contributed by atoms with E-state index in [9.17, 15) is 4.79 Å². The van der Waals surface area contributed by atoms with Crippen molar-refractivity contribution in [2.24, 2.45) is 23.7 Å². The van der Waals surface area contributed by atoms with E-state index in [0.717, 1.165) is 11.8 Å². The van der Waals surface area contributed by atoms with Gasteiger partial charge >= 0.3 is 0 Å². The second kappa shape index (κ2) is 1.77. The number of carbonyl (C=O) groups excluding carboxylic acids is 1. The molecule has 1 nitrogen and oxygen atoms in total. The molecule has 0 aromatic rings. The van der Waals surface area contributed by atoms with Crippen molar-refractivity contribution in [1.29, 1.82) is 0 Å². The number of fused-ring (bicyclic) bond motifs is 5. The van der Waals surface area contributed by atoms with E-state index in [1.807, 2.05) is 6.08 Å². The molecule has 0 radical (unpaired) electrons. The maximum Gasteiger partial charge on any atom is 0.159 e. The van der Waals surface area contributed by atoms with Crippen LogP contribution < -0.4 is 0 Å². The van der Waals surface area contributed by atoms with Gasteiger partial charge in [-0.25, -0.2) is 0 Å². The zero-order valence-corrected chi connectivity index (χ0v) is 6.49. The minimum absolute atomic E-state index is 0.419. The largest absolute Gasteiger partial charge is 0.295 e. The van der Waals surface area contributed by atoms with Gasteiger partial charge in [-0.15, -0.1) is 0 Å². The van der Waals surface area contributed by atoms with E-state index in [2.05, 4.69) is 6.08 Å². The number of ketones is 1. The molecule has 0 N–H and O–H groups in total. The highest BCUT2D eigenvalue weighted by atomic mass is 16.1. The van der Waals surface area contributed by atoms with E-state index < -0.39 is 0 Å². The highest BCUT2D eigenvalue weighted by molar-refractivity contribution is 5.95. The van der Waals surface area contributed by atoms with Gasteiger partial charge in [-0.05, 0) is 43.1 Å². The minimum atomic E-state index is 0.419. The van der Waals surface area contributed by atoms with Gasteiger partial charge < -0.3 is 0 Å². The van der Waals surface area contributed by atoms with Crippen molar-refractivity contribution in [3.05, 3.63) is 12.2 Å². The molecule has 1 heteroatoms. The predicted octanol–water partition coefficient (Wildman–Crippen LogP) is 1.79. The molecule has 2 fully saturated rings. The summed E-state index contributed by atoms with van der Waals surface area (Å²) in [6.07, 6.45) is 8.02. The molecule has 0 amide bonds. The summed E-state index contributed by atoms with van der Waals surface area (Å²) < 4.78 is 0. The van der Waals surface area contributed by atoms with Crippen LogP contribution in [0.2, 0.25) is 0 Å². The lowest BCUT2D eigenvalue weighted by Crippen LogP contribution is -2.22. The first-order valence-electron chi connectivity index (χ1n) is 4.58. The van der Waals surface area contributed by atoms with Gasteiger partial charge in [-0.2, -0.15) is 0 Å². The van der Waals surface area contributed by atoms with Gasteiger partial charge in [0.05, 0.1) is 0 Å². The Hall–Kier alpha value is -0.590. The van der Waals surface area contributed by atoms with Crippen LogP contribution in [0.25, 0.3) is 0 Å². The van der Waals surface area contributed by atoms with Gasteiger partial charge in [0.1, 0.15) is 0 Å². The molecule has 3 aliphatic carbocycles. The van der Waals surface area contributed by atoms with E-state index in [1.54, 1.807) is 0 Å². The van der Waals surface area contributed by atoms with E-state index in [4.69, 9.17) is 0 Å². The van der Waals surface area contributed by atoms with Crippen LogP contribution in [-0.4, -0.2) is 5.78 Å². The molecule has 0 spiro atoms. The van der Waals surface area contributed by atoms with Crippen LogP contribution in [0.3, 0.4) is 0 Å². The molecule has 3 aliphatic rings. The molecule has 0 saturated heterocycles. The summed E-state index contributed by atoms with van der Waals surface area (Å²) in [4.78, 5) is 11.4. The van der Waals surface area contributed by atoms with E-state index in [-0.39, 0.29) is 0 Å². The average molecular weight is 148 g/mol. The lowest BCUT2D eigenvalue weighted by molar-refractivity contribution is -0.119. The Morgan fingerprint density at radius 2 is 2.09 bits per heavy atom. The van der Waals surface area contributed by atoms with Crippen molar-refractivity contribution < 1.29 is 4.79 Å². The first kappa shape index (κ1) is 5.99. The number of hydrogen-bond acceptors (Lipinski definition) is 1. The Labute approximate surface area is 66.5 Å². The van der Waals surface area contributed by atoms with E-state index in [1.165, 1.54) is 19.3 Å². The number of carbonyl (C=O) groups is 1. The second-order valence-corrected chi connectivity index (χ2v) is 4.20. The van der Waals surface area contributed by atoms with Crippen LogP contribution in [0.1, 0.15) is 19.3 Å². The molecule has 3 rings (SSSR count). The van der Waals surface area contributed by atoms with Crippen LogP contribution in [0.15, 0.2) is 12.2 Å². The summed E-state index contributed by atoms with van der Waals surface area (Å²) in [7, 11) is 0. The standard InChI is InChI=1S/C10H12O/c11-9-4-3-8-6-1-2-7(5-6)10(8)9/h3-4,6-8,10H,1-2,5H2/t6-,7+,8+,10-/m1/s1. The molecule has 11 heavy (non-hydrogen) atoms. The van der Waals surface area contributed by atoms with Crippen LogP contribution in [0.5, 0.6) is 0 Å². The Balaban J connectivity index is 2.02. The van der Waals surface area contributed by atoms with Crippen molar-refractivity contribution in [1.82, 2.24) is 0 Å². The number of hydrogen-bond donors (Lipinski definition) is 0. The summed E-state index contributed by atoms with van der Waals surface area (Å²) in [5.41, 5.74) is 0. The molecule has 0 aromatic carbocycles. The number of allylic oxidation sites excluding steroid dienone is 2. The topological polar surface area (TPSA) is 17.1 Å². The van der Waals surface area contributed by atoms with Gasteiger partial charge in [-0.1, -0.05) is 6.08 Å². The SMILES string of the molecule is O=C1C=C[C@H]2[C@@H]3CC[C@@H](C3)[C@@H]12. The van der Waals surface area contributed by atoms with E-state index in [0.29, 0.717) is 17.6 Å².